The fourth-order valence-electron chi connectivity index (χ4n) is 1.89. The molecule has 0 saturated carbocycles. The summed E-state index contributed by atoms with van der Waals surface area (Å²) in [5, 5.41) is 0.616. The summed E-state index contributed by atoms with van der Waals surface area (Å²) in [5.74, 6) is 0.181. The molecule has 106 valence electrons. The third kappa shape index (κ3) is 3.73. The van der Waals surface area contributed by atoms with Crippen molar-refractivity contribution in [1.82, 2.24) is 0 Å². The van der Waals surface area contributed by atoms with E-state index in [1.807, 2.05) is 20.8 Å². The molecule has 0 radical (unpaired) electrons. The van der Waals surface area contributed by atoms with E-state index in [-0.39, 0.29) is 5.41 Å². The first-order valence-corrected chi connectivity index (χ1v) is 9.42. The van der Waals surface area contributed by atoms with Gasteiger partial charge in [0.2, 0.25) is 9.04 Å². The molecule has 0 aliphatic heterocycles. The molecule has 3 nitrogen and oxygen atoms in total. The molecule has 0 aliphatic carbocycles. The molecule has 0 N–H and O–H groups in total. The van der Waals surface area contributed by atoms with Crippen LogP contribution in [0.4, 0.5) is 0 Å². The van der Waals surface area contributed by atoms with Gasteiger partial charge in [0.15, 0.2) is 0 Å². The molecule has 0 spiro atoms. The maximum Gasteiger partial charge on any atom is 0.341 e. The number of ether oxygens (including phenoxy) is 1. The molecule has 0 unspecified atom stereocenters. The largest absolute Gasteiger partial charge is 0.546 e. The predicted octanol–water partition coefficient (Wildman–Crippen LogP) is 3.79. The van der Waals surface area contributed by atoms with Gasteiger partial charge in [-0.25, -0.2) is 4.79 Å². The number of hydrogen-bond donors (Lipinski definition) is 0. The van der Waals surface area contributed by atoms with Gasteiger partial charge in [-0.1, -0.05) is 32.4 Å². The smallest absolute Gasteiger partial charge is 0.341 e. The van der Waals surface area contributed by atoms with Crippen LogP contribution < -0.4 is 4.43 Å². The molecule has 0 amide bonds. The first-order valence-electron chi connectivity index (χ1n) is 6.26. The third-order valence-corrected chi connectivity index (χ3v) is 3.64. The maximum absolute atomic E-state index is 11.9. The Morgan fingerprint density at radius 1 is 1.26 bits per heavy atom. The van der Waals surface area contributed by atoms with Crippen LogP contribution in [0.15, 0.2) is 12.1 Å². The molecule has 1 aromatic carbocycles. The minimum Gasteiger partial charge on any atom is -0.546 e. The molecule has 0 aromatic heterocycles. The second-order valence-electron chi connectivity index (χ2n) is 5.71. The Hall–Kier alpha value is -1.00. The van der Waals surface area contributed by atoms with Gasteiger partial charge in [-0.05, 0) is 30.6 Å². The van der Waals surface area contributed by atoms with Crippen LogP contribution in [0.3, 0.4) is 0 Å². The van der Waals surface area contributed by atoms with E-state index in [4.69, 9.17) is 20.8 Å². The Kier molecular flexibility index (Phi) is 5.04. The number of methoxy groups -OCH3 is 1. The maximum atomic E-state index is 11.9. The van der Waals surface area contributed by atoms with E-state index >= 15 is 0 Å². The van der Waals surface area contributed by atoms with Gasteiger partial charge in [0.1, 0.15) is 11.3 Å². The number of esters is 1. The van der Waals surface area contributed by atoms with Gasteiger partial charge in [0, 0.05) is 10.6 Å². The van der Waals surface area contributed by atoms with Crippen molar-refractivity contribution in [3.05, 3.63) is 28.3 Å². The lowest BCUT2D eigenvalue weighted by Crippen LogP contribution is -2.21. The van der Waals surface area contributed by atoms with Crippen molar-refractivity contribution >= 4 is 26.6 Å². The molecule has 1 rings (SSSR count). The van der Waals surface area contributed by atoms with E-state index in [2.05, 4.69) is 13.1 Å². The number of carbonyl (C=O) groups is 1. The van der Waals surface area contributed by atoms with E-state index in [9.17, 15) is 4.79 Å². The van der Waals surface area contributed by atoms with E-state index in [0.29, 0.717) is 16.3 Å². The molecule has 0 bridgehead atoms. The molecule has 0 aliphatic rings. The fourth-order valence-corrected chi connectivity index (χ4v) is 3.03. The Bertz CT molecular complexity index is 478. The minimum atomic E-state index is -1.36. The summed E-state index contributed by atoms with van der Waals surface area (Å²) in [6.45, 7) is 10.2. The van der Waals surface area contributed by atoms with Crippen molar-refractivity contribution in [2.24, 2.45) is 0 Å². The lowest BCUT2D eigenvalue weighted by Gasteiger charge is -2.27. The molecule has 0 fully saturated rings. The Labute approximate surface area is 121 Å². The summed E-state index contributed by atoms with van der Waals surface area (Å²) in [6.07, 6.45) is 0. The van der Waals surface area contributed by atoms with Crippen LogP contribution in [0.25, 0.3) is 0 Å². The normalized spacial score (nSPS) is 11.6. The van der Waals surface area contributed by atoms with Gasteiger partial charge in [-0.15, -0.1) is 0 Å². The molecular formula is C14H21ClO3Si. The molecule has 5 heteroatoms. The van der Waals surface area contributed by atoms with Gasteiger partial charge in [0.05, 0.1) is 7.11 Å². The highest BCUT2D eigenvalue weighted by atomic mass is 35.5. The van der Waals surface area contributed by atoms with Gasteiger partial charge in [-0.3, -0.25) is 0 Å². The van der Waals surface area contributed by atoms with Crippen LogP contribution in [-0.2, 0) is 10.2 Å². The standard InChI is InChI=1S/C14H21ClO3Si/c1-14(2,3)11-10(15)8-7-9(13(16)17-4)12(11)18-19(5)6/h7-8,19H,1-6H3. The number of rotatable bonds is 3. The van der Waals surface area contributed by atoms with Crippen LogP contribution in [-0.4, -0.2) is 22.1 Å². The molecule has 1 aromatic rings. The summed E-state index contributed by atoms with van der Waals surface area (Å²) in [7, 11) is 0.000913. The highest BCUT2D eigenvalue weighted by Gasteiger charge is 2.27. The van der Waals surface area contributed by atoms with E-state index in [0.717, 1.165) is 5.56 Å². The zero-order valence-corrected chi connectivity index (χ0v) is 14.2. The zero-order valence-electron chi connectivity index (χ0n) is 12.3. The molecular weight excluding hydrogens is 280 g/mol. The lowest BCUT2D eigenvalue weighted by molar-refractivity contribution is 0.0598. The minimum absolute atomic E-state index is 0.209. The van der Waals surface area contributed by atoms with Gasteiger partial charge < -0.3 is 9.16 Å². The predicted molar refractivity (Wildman–Crippen MR) is 81.0 cm³/mol. The molecule has 19 heavy (non-hydrogen) atoms. The van der Waals surface area contributed by atoms with Crippen molar-refractivity contribution in [1.29, 1.82) is 0 Å². The summed E-state index contributed by atoms with van der Waals surface area (Å²) >= 11 is 6.30. The van der Waals surface area contributed by atoms with E-state index < -0.39 is 15.0 Å². The summed E-state index contributed by atoms with van der Waals surface area (Å²) in [5.41, 5.74) is 1.09. The van der Waals surface area contributed by atoms with Crippen LogP contribution in [0.1, 0.15) is 36.7 Å². The van der Waals surface area contributed by atoms with E-state index in [1.54, 1.807) is 12.1 Å². The topological polar surface area (TPSA) is 35.5 Å². The highest BCUT2D eigenvalue weighted by molar-refractivity contribution is 6.49. The monoisotopic (exact) mass is 300 g/mol. The van der Waals surface area contributed by atoms with Gasteiger partial charge in [-0.2, -0.15) is 0 Å². The Morgan fingerprint density at radius 3 is 2.26 bits per heavy atom. The van der Waals surface area contributed by atoms with Crippen molar-refractivity contribution in [3.8, 4) is 5.75 Å². The van der Waals surface area contributed by atoms with Crippen molar-refractivity contribution in [3.63, 3.8) is 0 Å². The first kappa shape index (κ1) is 16.1. The average molecular weight is 301 g/mol. The fraction of sp³-hybridized carbons (Fsp3) is 0.500. The Morgan fingerprint density at radius 2 is 1.84 bits per heavy atom. The molecule has 0 saturated heterocycles. The van der Waals surface area contributed by atoms with Crippen LogP contribution in [0, 0.1) is 0 Å². The first-order chi connectivity index (χ1) is 8.68. The van der Waals surface area contributed by atoms with E-state index in [1.165, 1.54) is 7.11 Å². The molecule has 0 atom stereocenters. The quantitative estimate of drug-likeness (QED) is 0.629. The third-order valence-electron chi connectivity index (χ3n) is 2.62. The van der Waals surface area contributed by atoms with Crippen molar-refractivity contribution < 1.29 is 14.0 Å². The van der Waals surface area contributed by atoms with Crippen LogP contribution in [0.2, 0.25) is 18.1 Å². The van der Waals surface area contributed by atoms with Gasteiger partial charge in [0.25, 0.3) is 0 Å². The van der Waals surface area contributed by atoms with Crippen molar-refractivity contribution in [2.45, 2.75) is 39.3 Å². The van der Waals surface area contributed by atoms with Crippen molar-refractivity contribution in [2.75, 3.05) is 7.11 Å². The summed E-state index contributed by atoms with van der Waals surface area (Å²) in [4.78, 5) is 11.9. The van der Waals surface area contributed by atoms with Crippen LogP contribution in [0.5, 0.6) is 5.75 Å². The van der Waals surface area contributed by atoms with Gasteiger partial charge >= 0.3 is 5.97 Å². The zero-order chi connectivity index (χ0) is 14.8. The Balaban J connectivity index is 3.55. The number of hydrogen-bond acceptors (Lipinski definition) is 3. The SMILES string of the molecule is COC(=O)c1ccc(Cl)c(C(C)(C)C)c1O[SiH](C)C. The average Bonchev–Trinajstić information content (AvgIpc) is 2.25. The number of halogens is 1. The summed E-state index contributed by atoms with van der Waals surface area (Å²) < 4.78 is 10.8. The molecule has 0 heterocycles. The number of benzene rings is 1. The summed E-state index contributed by atoms with van der Waals surface area (Å²) in [6, 6.07) is 3.39. The number of carbonyl (C=O) groups excluding carboxylic acids is 1. The second kappa shape index (κ2) is 5.97. The lowest BCUT2D eigenvalue weighted by atomic mass is 9.85. The highest BCUT2D eigenvalue weighted by Crippen LogP contribution is 2.40. The van der Waals surface area contributed by atoms with Crippen LogP contribution >= 0.6 is 11.6 Å². The second-order valence-corrected chi connectivity index (χ2v) is 8.45.